The molecule has 6 heteroatoms. The Hall–Kier alpha value is -1.40. The highest BCUT2D eigenvalue weighted by molar-refractivity contribution is 7.99. The third-order valence-corrected chi connectivity index (χ3v) is 2.68. The van der Waals surface area contributed by atoms with Gasteiger partial charge in [-0.15, -0.1) is 0 Å². The highest BCUT2D eigenvalue weighted by Crippen LogP contribution is 2.22. The summed E-state index contributed by atoms with van der Waals surface area (Å²) in [6, 6.07) is 3.69. The van der Waals surface area contributed by atoms with E-state index in [-0.39, 0.29) is 0 Å². The van der Waals surface area contributed by atoms with Crippen LogP contribution in [0.4, 0.5) is 0 Å². The minimum atomic E-state index is -0.484. The molecule has 2 aromatic rings. The smallest absolute Gasteiger partial charge is 0.189 e. The average molecular weight is 222 g/mol. The van der Waals surface area contributed by atoms with Gasteiger partial charge in [0.15, 0.2) is 5.16 Å². The van der Waals surface area contributed by atoms with Crippen LogP contribution in [-0.4, -0.2) is 25.3 Å². The number of aromatic nitrogens is 4. The number of nitrogens with one attached hydrogen (secondary N) is 1. The van der Waals surface area contributed by atoms with Gasteiger partial charge in [-0.05, 0) is 30.3 Å². The molecule has 0 fully saturated rings. The first kappa shape index (κ1) is 10.1. The Kier molecular flexibility index (Phi) is 2.98. The number of nitrogens with zero attached hydrogens (tertiary/aromatic N) is 3. The van der Waals surface area contributed by atoms with Crippen LogP contribution < -0.4 is 0 Å². The second-order valence-electron chi connectivity index (χ2n) is 3.00. The molecule has 0 aliphatic heterocycles. The van der Waals surface area contributed by atoms with E-state index < -0.39 is 6.10 Å². The van der Waals surface area contributed by atoms with Crippen molar-refractivity contribution in [1.29, 1.82) is 0 Å². The lowest BCUT2D eigenvalue weighted by atomic mass is 10.2. The van der Waals surface area contributed by atoms with Gasteiger partial charge in [0.05, 0.1) is 6.10 Å². The molecular weight excluding hydrogens is 212 g/mol. The fourth-order valence-corrected chi connectivity index (χ4v) is 1.68. The van der Waals surface area contributed by atoms with E-state index in [1.165, 1.54) is 18.1 Å². The fraction of sp³-hybridized carbons (Fsp3) is 0.222. The Morgan fingerprint density at radius 1 is 1.40 bits per heavy atom. The first-order chi connectivity index (χ1) is 7.25. The summed E-state index contributed by atoms with van der Waals surface area (Å²) >= 11 is 1.39. The monoisotopic (exact) mass is 222 g/mol. The number of aliphatic hydroxyl groups is 1. The van der Waals surface area contributed by atoms with Gasteiger partial charge in [-0.1, -0.05) is 6.07 Å². The van der Waals surface area contributed by atoms with Crippen LogP contribution >= 0.6 is 11.8 Å². The van der Waals surface area contributed by atoms with Gasteiger partial charge in [-0.25, -0.2) is 9.97 Å². The van der Waals surface area contributed by atoms with Crippen LogP contribution in [0.2, 0.25) is 0 Å². The van der Waals surface area contributed by atoms with Crippen molar-refractivity contribution < 1.29 is 5.11 Å². The van der Waals surface area contributed by atoms with Crippen LogP contribution in [0, 0.1) is 0 Å². The summed E-state index contributed by atoms with van der Waals surface area (Å²) < 4.78 is 0. The predicted molar refractivity (Wildman–Crippen MR) is 55.4 cm³/mol. The summed E-state index contributed by atoms with van der Waals surface area (Å²) in [5.41, 5.74) is 0.803. The Bertz CT molecular complexity index is 412. The van der Waals surface area contributed by atoms with E-state index >= 15 is 0 Å². The van der Waals surface area contributed by atoms with Crippen molar-refractivity contribution in [1.82, 2.24) is 20.2 Å². The SMILES string of the molecule is CC(O)c1ccc(Sc2ncn[nH]2)nc1. The minimum absolute atomic E-state index is 0.484. The molecule has 0 aromatic carbocycles. The van der Waals surface area contributed by atoms with E-state index in [4.69, 9.17) is 0 Å². The van der Waals surface area contributed by atoms with Crippen LogP contribution in [0.15, 0.2) is 34.8 Å². The molecule has 0 radical (unpaired) electrons. The van der Waals surface area contributed by atoms with Crippen molar-refractivity contribution in [3.63, 3.8) is 0 Å². The molecule has 78 valence electrons. The Balaban J connectivity index is 2.11. The molecule has 0 saturated heterocycles. The van der Waals surface area contributed by atoms with Gasteiger partial charge in [-0.2, -0.15) is 5.10 Å². The molecule has 0 amide bonds. The molecule has 2 heterocycles. The van der Waals surface area contributed by atoms with Crippen LogP contribution in [0.25, 0.3) is 0 Å². The average Bonchev–Trinajstić information content (AvgIpc) is 2.71. The first-order valence-electron chi connectivity index (χ1n) is 4.43. The summed E-state index contributed by atoms with van der Waals surface area (Å²) in [5.74, 6) is 0. The molecule has 0 aliphatic carbocycles. The predicted octanol–water partition coefficient (Wildman–Crippen LogP) is 1.40. The highest BCUT2D eigenvalue weighted by Gasteiger charge is 2.03. The number of hydrogen-bond acceptors (Lipinski definition) is 5. The molecule has 0 aliphatic rings. The first-order valence-corrected chi connectivity index (χ1v) is 5.24. The zero-order chi connectivity index (χ0) is 10.7. The molecule has 5 nitrogen and oxygen atoms in total. The molecule has 2 rings (SSSR count). The second-order valence-corrected chi connectivity index (χ2v) is 4.01. The lowest BCUT2D eigenvalue weighted by Gasteiger charge is -2.03. The summed E-state index contributed by atoms with van der Waals surface area (Å²) in [6.07, 6.45) is 2.62. The number of aliphatic hydroxyl groups excluding tert-OH is 1. The molecule has 15 heavy (non-hydrogen) atoms. The second kappa shape index (κ2) is 4.41. The van der Waals surface area contributed by atoms with Crippen molar-refractivity contribution in [3.8, 4) is 0 Å². The van der Waals surface area contributed by atoms with Gasteiger partial charge in [0.25, 0.3) is 0 Å². The van der Waals surface area contributed by atoms with Gasteiger partial charge in [0.1, 0.15) is 11.4 Å². The molecule has 2 N–H and O–H groups in total. The van der Waals surface area contributed by atoms with Crippen LogP contribution in [0.5, 0.6) is 0 Å². The zero-order valence-corrected chi connectivity index (χ0v) is 8.90. The maximum Gasteiger partial charge on any atom is 0.189 e. The Morgan fingerprint density at radius 3 is 2.80 bits per heavy atom. The number of hydrogen-bond donors (Lipinski definition) is 2. The van der Waals surface area contributed by atoms with Gasteiger partial charge in [0, 0.05) is 6.20 Å². The molecule has 2 aromatic heterocycles. The van der Waals surface area contributed by atoms with E-state index in [2.05, 4.69) is 20.2 Å². The number of rotatable bonds is 3. The van der Waals surface area contributed by atoms with Crippen molar-refractivity contribution >= 4 is 11.8 Å². The molecule has 0 saturated carbocycles. The van der Waals surface area contributed by atoms with Crippen LogP contribution in [0.1, 0.15) is 18.6 Å². The summed E-state index contributed by atoms with van der Waals surface area (Å²) in [5, 5.41) is 17.3. The number of aromatic amines is 1. The summed E-state index contributed by atoms with van der Waals surface area (Å²) in [7, 11) is 0. The molecular formula is C9H10N4OS. The van der Waals surface area contributed by atoms with Crippen LogP contribution in [-0.2, 0) is 0 Å². The van der Waals surface area contributed by atoms with Crippen molar-refractivity contribution in [2.45, 2.75) is 23.2 Å². The van der Waals surface area contributed by atoms with E-state index in [9.17, 15) is 5.11 Å². The summed E-state index contributed by atoms with van der Waals surface area (Å²) in [6.45, 7) is 1.71. The van der Waals surface area contributed by atoms with Crippen LogP contribution in [0.3, 0.4) is 0 Å². The lowest BCUT2D eigenvalue weighted by molar-refractivity contribution is 0.198. The fourth-order valence-electron chi connectivity index (χ4n) is 1.04. The summed E-state index contributed by atoms with van der Waals surface area (Å²) in [4.78, 5) is 8.17. The normalized spacial score (nSPS) is 12.7. The lowest BCUT2D eigenvalue weighted by Crippen LogP contribution is -1.92. The van der Waals surface area contributed by atoms with Gasteiger partial charge < -0.3 is 5.11 Å². The molecule has 1 atom stereocenters. The topological polar surface area (TPSA) is 74.7 Å². The number of H-pyrrole nitrogens is 1. The Morgan fingerprint density at radius 2 is 2.27 bits per heavy atom. The highest BCUT2D eigenvalue weighted by atomic mass is 32.2. The van der Waals surface area contributed by atoms with Crippen molar-refractivity contribution in [2.24, 2.45) is 0 Å². The molecule has 1 unspecified atom stereocenters. The molecule has 0 spiro atoms. The largest absolute Gasteiger partial charge is 0.389 e. The Labute approximate surface area is 91.0 Å². The third-order valence-electron chi connectivity index (χ3n) is 1.84. The number of pyridine rings is 1. The van der Waals surface area contributed by atoms with Gasteiger partial charge in [0.2, 0.25) is 0 Å². The van der Waals surface area contributed by atoms with E-state index in [1.54, 1.807) is 13.1 Å². The minimum Gasteiger partial charge on any atom is -0.389 e. The van der Waals surface area contributed by atoms with E-state index in [1.807, 2.05) is 12.1 Å². The maximum atomic E-state index is 9.30. The van der Waals surface area contributed by atoms with Crippen molar-refractivity contribution in [2.75, 3.05) is 0 Å². The molecule has 0 bridgehead atoms. The standard InChI is InChI=1S/C9H10N4OS/c1-6(14)7-2-3-8(10-4-7)15-9-11-5-12-13-9/h2-6,14H,1H3,(H,11,12,13). The third kappa shape index (κ3) is 2.54. The van der Waals surface area contributed by atoms with E-state index in [0.29, 0.717) is 5.16 Å². The van der Waals surface area contributed by atoms with Crippen molar-refractivity contribution in [3.05, 3.63) is 30.2 Å². The van der Waals surface area contributed by atoms with E-state index in [0.717, 1.165) is 10.6 Å². The maximum absolute atomic E-state index is 9.30. The van der Waals surface area contributed by atoms with Gasteiger partial charge in [-0.3, -0.25) is 5.10 Å². The van der Waals surface area contributed by atoms with Gasteiger partial charge >= 0.3 is 0 Å². The quantitative estimate of drug-likeness (QED) is 0.821. The zero-order valence-electron chi connectivity index (χ0n) is 8.08.